The van der Waals surface area contributed by atoms with E-state index in [4.69, 9.17) is 4.74 Å². The summed E-state index contributed by atoms with van der Waals surface area (Å²) >= 11 is 1.31. The van der Waals surface area contributed by atoms with Crippen LogP contribution in [0.4, 0.5) is 5.69 Å². The Bertz CT molecular complexity index is 1180. The summed E-state index contributed by atoms with van der Waals surface area (Å²) in [6, 6.07) is 7.89. The van der Waals surface area contributed by atoms with Crippen LogP contribution < -0.4 is 10.9 Å². The molecule has 2 aliphatic rings. The van der Waals surface area contributed by atoms with Crippen molar-refractivity contribution in [2.75, 3.05) is 31.6 Å². The van der Waals surface area contributed by atoms with Crippen molar-refractivity contribution in [2.24, 2.45) is 0 Å². The van der Waals surface area contributed by atoms with E-state index < -0.39 is 0 Å². The van der Waals surface area contributed by atoms with E-state index in [1.165, 1.54) is 11.3 Å². The quantitative estimate of drug-likeness (QED) is 0.697. The van der Waals surface area contributed by atoms with Gasteiger partial charge in [-0.15, -0.1) is 11.3 Å². The number of para-hydroxylation sites is 1. The van der Waals surface area contributed by atoms with E-state index in [0.717, 1.165) is 68.3 Å². The van der Waals surface area contributed by atoms with Crippen LogP contribution in [0.5, 0.6) is 0 Å². The number of carbonyl (C=O) groups is 1. The first-order chi connectivity index (χ1) is 14.6. The second-order valence-electron chi connectivity index (χ2n) is 7.82. The van der Waals surface area contributed by atoms with Gasteiger partial charge in [0.15, 0.2) is 0 Å². The Hall–Kier alpha value is -2.55. The number of hydrogen-bond donors (Lipinski definition) is 1. The van der Waals surface area contributed by atoms with Crippen molar-refractivity contribution in [1.82, 2.24) is 14.5 Å². The predicted octanol–water partition coefficient (Wildman–Crippen LogP) is 2.80. The summed E-state index contributed by atoms with van der Waals surface area (Å²) in [4.78, 5) is 34.2. The van der Waals surface area contributed by atoms with Gasteiger partial charge in [0.05, 0.1) is 23.5 Å². The lowest BCUT2D eigenvalue weighted by Crippen LogP contribution is -2.35. The maximum atomic E-state index is 13.1. The summed E-state index contributed by atoms with van der Waals surface area (Å²) in [5, 5.41) is 3.65. The molecular weight excluding hydrogens is 400 g/mol. The second kappa shape index (κ2) is 7.94. The van der Waals surface area contributed by atoms with Crippen molar-refractivity contribution in [3.63, 3.8) is 0 Å². The van der Waals surface area contributed by atoms with Crippen molar-refractivity contribution in [3.8, 4) is 0 Å². The molecule has 7 nitrogen and oxygen atoms in total. The molecule has 8 heteroatoms. The summed E-state index contributed by atoms with van der Waals surface area (Å²) in [5.41, 5.74) is 2.58. The second-order valence-corrected chi connectivity index (χ2v) is 8.82. The lowest BCUT2D eigenvalue weighted by molar-refractivity contribution is 0.0342. The molecule has 156 valence electrons. The summed E-state index contributed by atoms with van der Waals surface area (Å²) in [6.45, 7) is 6.57. The number of carbonyl (C=O) groups excluding carboxylic acids is 1. The normalized spacial score (nSPS) is 16.7. The van der Waals surface area contributed by atoms with Gasteiger partial charge in [-0.1, -0.05) is 18.2 Å². The minimum absolute atomic E-state index is 0.0204. The van der Waals surface area contributed by atoms with E-state index in [0.29, 0.717) is 21.6 Å². The minimum atomic E-state index is -0.186. The summed E-state index contributed by atoms with van der Waals surface area (Å²) in [5.74, 6) is 0.644. The largest absolute Gasteiger partial charge is 0.379 e. The molecule has 0 atom stereocenters. The number of amides is 1. The molecule has 0 unspecified atom stereocenters. The third-order valence-electron chi connectivity index (χ3n) is 5.88. The highest BCUT2D eigenvalue weighted by molar-refractivity contribution is 7.20. The fourth-order valence-corrected chi connectivity index (χ4v) is 5.34. The van der Waals surface area contributed by atoms with Crippen LogP contribution in [-0.2, 0) is 24.2 Å². The molecule has 5 rings (SSSR count). The number of nitrogens with zero attached hydrogens (tertiary/aromatic N) is 3. The number of thiophene rings is 1. The molecule has 1 N–H and O–H groups in total. The monoisotopic (exact) mass is 424 g/mol. The average molecular weight is 425 g/mol. The van der Waals surface area contributed by atoms with Gasteiger partial charge in [-0.2, -0.15) is 0 Å². The summed E-state index contributed by atoms with van der Waals surface area (Å²) < 4.78 is 7.18. The van der Waals surface area contributed by atoms with Gasteiger partial charge in [0, 0.05) is 38.3 Å². The lowest BCUT2D eigenvalue weighted by atomic mass is 10.1. The van der Waals surface area contributed by atoms with Crippen LogP contribution in [-0.4, -0.2) is 46.7 Å². The zero-order valence-corrected chi connectivity index (χ0v) is 17.8. The maximum absolute atomic E-state index is 13.1. The predicted molar refractivity (Wildman–Crippen MR) is 117 cm³/mol. The zero-order chi connectivity index (χ0) is 20.7. The molecule has 4 heterocycles. The molecule has 1 saturated heterocycles. The Balaban J connectivity index is 1.44. The van der Waals surface area contributed by atoms with Crippen molar-refractivity contribution in [2.45, 2.75) is 32.9 Å². The maximum Gasteiger partial charge on any atom is 0.266 e. The highest BCUT2D eigenvalue weighted by atomic mass is 32.1. The number of fused-ring (bicyclic) bond motifs is 2. The standard InChI is InChI=1S/C22H24N4O3S/c1-14-18-21(24-17-7-4-8-26(17)22(18)28)30-19(14)20(27)23-16-6-3-2-5-15(16)13-25-9-11-29-12-10-25/h2-3,5-6H,4,7-13H2,1H3,(H,23,27). The summed E-state index contributed by atoms with van der Waals surface area (Å²) in [7, 11) is 0. The first kappa shape index (κ1) is 19.4. The van der Waals surface area contributed by atoms with Gasteiger partial charge in [-0.3, -0.25) is 19.1 Å². The molecule has 1 fully saturated rings. The van der Waals surface area contributed by atoms with E-state index >= 15 is 0 Å². The number of aromatic nitrogens is 2. The van der Waals surface area contributed by atoms with Crippen molar-refractivity contribution >= 4 is 33.1 Å². The van der Waals surface area contributed by atoms with Crippen LogP contribution in [0.15, 0.2) is 29.1 Å². The Kier molecular flexibility index (Phi) is 5.14. The van der Waals surface area contributed by atoms with E-state index in [2.05, 4.69) is 15.2 Å². The number of morpholine rings is 1. The number of anilines is 1. The van der Waals surface area contributed by atoms with Crippen molar-refractivity contribution in [3.05, 3.63) is 56.4 Å². The number of nitrogens with one attached hydrogen (secondary N) is 1. The van der Waals surface area contributed by atoms with Crippen LogP contribution in [0.25, 0.3) is 10.2 Å². The smallest absolute Gasteiger partial charge is 0.266 e. The van der Waals surface area contributed by atoms with Gasteiger partial charge < -0.3 is 10.1 Å². The van der Waals surface area contributed by atoms with E-state index in [-0.39, 0.29) is 11.5 Å². The summed E-state index contributed by atoms with van der Waals surface area (Å²) in [6.07, 6.45) is 1.77. The molecule has 1 aromatic carbocycles. The molecule has 30 heavy (non-hydrogen) atoms. The number of ether oxygens (including phenoxy) is 1. The molecular formula is C22H24N4O3S. The Labute approximate surface area is 178 Å². The number of rotatable bonds is 4. The first-order valence-electron chi connectivity index (χ1n) is 10.3. The molecule has 2 aliphatic heterocycles. The van der Waals surface area contributed by atoms with Gasteiger partial charge in [0.1, 0.15) is 10.7 Å². The van der Waals surface area contributed by atoms with Gasteiger partial charge in [-0.05, 0) is 30.5 Å². The number of aryl methyl sites for hydroxylation is 2. The van der Waals surface area contributed by atoms with E-state index in [9.17, 15) is 9.59 Å². The topological polar surface area (TPSA) is 76.5 Å². The third kappa shape index (κ3) is 3.45. The molecule has 2 aromatic heterocycles. The molecule has 0 saturated carbocycles. The Morgan fingerprint density at radius 1 is 1.23 bits per heavy atom. The van der Waals surface area contributed by atoms with Crippen LogP contribution in [0.3, 0.4) is 0 Å². The van der Waals surface area contributed by atoms with Gasteiger partial charge in [0.2, 0.25) is 0 Å². The minimum Gasteiger partial charge on any atom is -0.379 e. The molecule has 0 radical (unpaired) electrons. The molecule has 0 aliphatic carbocycles. The highest BCUT2D eigenvalue weighted by Gasteiger charge is 2.24. The van der Waals surface area contributed by atoms with E-state index in [1.807, 2.05) is 31.2 Å². The van der Waals surface area contributed by atoms with Gasteiger partial charge in [0.25, 0.3) is 11.5 Å². The number of benzene rings is 1. The van der Waals surface area contributed by atoms with Crippen LogP contribution >= 0.6 is 11.3 Å². The van der Waals surface area contributed by atoms with Crippen LogP contribution in [0.1, 0.15) is 33.0 Å². The first-order valence-corrected chi connectivity index (χ1v) is 11.2. The molecule has 3 aromatic rings. The molecule has 1 amide bonds. The Morgan fingerprint density at radius 3 is 2.87 bits per heavy atom. The van der Waals surface area contributed by atoms with E-state index in [1.54, 1.807) is 4.57 Å². The van der Waals surface area contributed by atoms with Crippen molar-refractivity contribution in [1.29, 1.82) is 0 Å². The fourth-order valence-electron chi connectivity index (χ4n) is 4.25. The number of hydrogen-bond acceptors (Lipinski definition) is 6. The van der Waals surface area contributed by atoms with Crippen molar-refractivity contribution < 1.29 is 9.53 Å². The van der Waals surface area contributed by atoms with Crippen LogP contribution in [0.2, 0.25) is 0 Å². The Morgan fingerprint density at radius 2 is 2.03 bits per heavy atom. The highest BCUT2D eigenvalue weighted by Crippen LogP contribution is 2.30. The fraction of sp³-hybridized carbons (Fsp3) is 0.409. The van der Waals surface area contributed by atoms with Crippen LogP contribution in [0, 0.1) is 6.92 Å². The molecule has 0 spiro atoms. The molecule has 0 bridgehead atoms. The average Bonchev–Trinajstić information content (AvgIpc) is 3.35. The SMILES string of the molecule is Cc1c(C(=O)Nc2ccccc2CN2CCOCC2)sc2nc3n(c(=O)c12)CCC3. The van der Waals surface area contributed by atoms with Gasteiger partial charge in [-0.25, -0.2) is 4.98 Å². The zero-order valence-electron chi connectivity index (χ0n) is 16.9. The van der Waals surface area contributed by atoms with Gasteiger partial charge >= 0.3 is 0 Å². The lowest BCUT2D eigenvalue weighted by Gasteiger charge is -2.27. The third-order valence-corrected chi connectivity index (χ3v) is 7.07.